The van der Waals surface area contributed by atoms with Crippen molar-refractivity contribution in [3.05, 3.63) is 95.1 Å². The van der Waals surface area contributed by atoms with Gasteiger partial charge < -0.3 is 16.0 Å². The lowest BCUT2D eigenvalue weighted by Gasteiger charge is -2.15. The SMILES string of the molecule is CC(c1ccc(F)c(F)c1)c1cnc(C(N)=O)c(NCc2ccc(-c3cnc4[nH]nc(N(C)C)c4c3)cc2)n1. The molecule has 0 saturated carbocycles. The highest BCUT2D eigenvalue weighted by Crippen LogP contribution is 2.28. The third kappa shape index (κ3) is 5.24. The fraction of sp³-hybridized carbons (Fsp3) is 0.179. The van der Waals surface area contributed by atoms with Crippen LogP contribution < -0.4 is 16.0 Å². The molecule has 1 unspecified atom stereocenters. The lowest BCUT2D eigenvalue weighted by molar-refractivity contribution is 0.0996. The predicted molar refractivity (Wildman–Crippen MR) is 145 cm³/mol. The van der Waals surface area contributed by atoms with Gasteiger partial charge in [0.15, 0.2) is 34.6 Å². The molecule has 5 aromatic rings. The highest BCUT2D eigenvalue weighted by Gasteiger charge is 2.18. The highest BCUT2D eigenvalue weighted by atomic mass is 19.2. The Labute approximate surface area is 223 Å². The first-order valence-corrected chi connectivity index (χ1v) is 12.2. The minimum absolute atomic E-state index is 0.0101. The minimum atomic E-state index is -0.943. The number of primary amides is 1. The number of H-pyrrole nitrogens is 1. The Balaban J connectivity index is 1.35. The molecule has 4 N–H and O–H groups in total. The van der Waals surface area contributed by atoms with Gasteiger partial charge in [0.25, 0.3) is 5.91 Å². The Bertz CT molecular complexity index is 1670. The van der Waals surface area contributed by atoms with Crippen LogP contribution in [0.4, 0.5) is 20.4 Å². The van der Waals surface area contributed by atoms with Gasteiger partial charge in [-0.05, 0) is 34.9 Å². The monoisotopic (exact) mass is 528 g/mol. The average molecular weight is 529 g/mol. The van der Waals surface area contributed by atoms with Crippen LogP contribution in [0.3, 0.4) is 0 Å². The van der Waals surface area contributed by atoms with E-state index in [9.17, 15) is 13.6 Å². The van der Waals surface area contributed by atoms with E-state index in [-0.39, 0.29) is 11.5 Å². The zero-order valence-corrected chi connectivity index (χ0v) is 21.5. The molecule has 2 aromatic carbocycles. The number of carbonyl (C=O) groups excluding carboxylic acids is 1. The largest absolute Gasteiger partial charge is 0.364 e. The van der Waals surface area contributed by atoms with E-state index in [4.69, 9.17) is 5.73 Å². The molecule has 0 aliphatic rings. The van der Waals surface area contributed by atoms with E-state index in [1.54, 1.807) is 13.1 Å². The molecular formula is C28H26F2N8O. The maximum Gasteiger partial charge on any atom is 0.271 e. The summed E-state index contributed by atoms with van der Waals surface area (Å²) in [4.78, 5) is 27.1. The van der Waals surface area contributed by atoms with Gasteiger partial charge in [0.05, 0.1) is 17.3 Å². The zero-order valence-electron chi connectivity index (χ0n) is 21.5. The van der Waals surface area contributed by atoms with Crippen molar-refractivity contribution in [2.24, 2.45) is 5.73 Å². The summed E-state index contributed by atoms with van der Waals surface area (Å²) >= 11 is 0. The van der Waals surface area contributed by atoms with Gasteiger partial charge in [-0.3, -0.25) is 9.89 Å². The third-order valence-electron chi connectivity index (χ3n) is 6.48. The molecule has 0 bridgehead atoms. The molecule has 3 heterocycles. The van der Waals surface area contributed by atoms with Crippen LogP contribution in [0, 0.1) is 11.6 Å². The Hall–Kier alpha value is -4.93. The molecule has 39 heavy (non-hydrogen) atoms. The number of carbonyl (C=O) groups is 1. The number of hydrogen-bond donors (Lipinski definition) is 3. The van der Waals surface area contributed by atoms with Crippen molar-refractivity contribution in [1.82, 2.24) is 25.1 Å². The molecule has 0 spiro atoms. The topological polar surface area (TPSA) is 126 Å². The molecule has 0 saturated heterocycles. The first-order valence-electron chi connectivity index (χ1n) is 12.2. The summed E-state index contributed by atoms with van der Waals surface area (Å²) in [6.45, 7) is 2.14. The average Bonchev–Trinajstić information content (AvgIpc) is 3.37. The number of nitrogens with one attached hydrogen (secondary N) is 2. The van der Waals surface area contributed by atoms with Crippen LogP contribution in [-0.4, -0.2) is 45.2 Å². The molecular weight excluding hydrogens is 502 g/mol. The third-order valence-corrected chi connectivity index (χ3v) is 6.48. The van der Waals surface area contributed by atoms with E-state index in [0.717, 1.165) is 45.7 Å². The van der Waals surface area contributed by atoms with Crippen molar-refractivity contribution in [2.45, 2.75) is 19.4 Å². The summed E-state index contributed by atoms with van der Waals surface area (Å²) in [7, 11) is 3.86. The van der Waals surface area contributed by atoms with Crippen LogP contribution in [-0.2, 0) is 6.54 Å². The first-order chi connectivity index (χ1) is 18.7. The number of nitrogens with zero attached hydrogens (tertiary/aromatic N) is 5. The van der Waals surface area contributed by atoms with E-state index < -0.39 is 23.5 Å². The Kier molecular flexibility index (Phi) is 6.88. The lowest BCUT2D eigenvalue weighted by atomic mass is 9.98. The second-order valence-electron chi connectivity index (χ2n) is 9.36. The molecule has 1 amide bonds. The molecule has 198 valence electrons. The number of nitrogens with two attached hydrogens (primary N) is 1. The molecule has 0 aliphatic carbocycles. The van der Waals surface area contributed by atoms with E-state index in [1.807, 2.05) is 49.3 Å². The molecule has 0 aliphatic heterocycles. The number of pyridine rings is 1. The van der Waals surface area contributed by atoms with E-state index in [1.165, 1.54) is 12.3 Å². The summed E-state index contributed by atoms with van der Waals surface area (Å²) in [5.74, 6) is -1.97. The van der Waals surface area contributed by atoms with Crippen molar-refractivity contribution >= 4 is 28.6 Å². The summed E-state index contributed by atoms with van der Waals surface area (Å²) in [5, 5.41) is 11.3. The zero-order chi connectivity index (χ0) is 27.7. The predicted octanol–water partition coefficient (Wildman–Crippen LogP) is 4.62. The van der Waals surface area contributed by atoms with Crippen LogP contribution in [0.5, 0.6) is 0 Å². The number of aromatic amines is 1. The number of halogens is 2. The van der Waals surface area contributed by atoms with Gasteiger partial charge in [-0.2, -0.15) is 5.10 Å². The van der Waals surface area contributed by atoms with Crippen molar-refractivity contribution < 1.29 is 13.6 Å². The van der Waals surface area contributed by atoms with Gasteiger partial charge in [0, 0.05) is 38.3 Å². The Morgan fingerprint density at radius 1 is 1.03 bits per heavy atom. The van der Waals surface area contributed by atoms with Crippen LogP contribution in [0.1, 0.15) is 40.2 Å². The number of rotatable bonds is 8. The highest BCUT2D eigenvalue weighted by molar-refractivity contribution is 5.95. The van der Waals surface area contributed by atoms with Gasteiger partial charge in [0.2, 0.25) is 0 Å². The van der Waals surface area contributed by atoms with Crippen molar-refractivity contribution in [3.8, 4) is 11.1 Å². The van der Waals surface area contributed by atoms with Crippen LogP contribution in [0.2, 0.25) is 0 Å². The molecule has 11 heteroatoms. The first kappa shape index (κ1) is 25.7. The molecule has 0 radical (unpaired) electrons. The summed E-state index contributed by atoms with van der Waals surface area (Å²) in [6, 6.07) is 13.6. The Morgan fingerprint density at radius 2 is 1.79 bits per heavy atom. The van der Waals surface area contributed by atoms with Crippen LogP contribution in [0.15, 0.2) is 60.9 Å². The quantitative estimate of drug-likeness (QED) is 0.268. The normalized spacial score (nSPS) is 11.9. The van der Waals surface area contributed by atoms with Crippen LogP contribution in [0.25, 0.3) is 22.2 Å². The van der Waals surface area contributed by atoms with Gasteiger partial charge in [-0.25, -0.2) is 23.7 Å². The van der Waals surface area contributed by atoms with Crippen molar-refractivity contribution in [2.75, 3.05) is 24.3 Å². The molecule has 9 nitrogen and oxygen atoms in total. The van der Waals surface area contributed by atoms with E-state index in [2.05, 4.69) is 30.5 Å². The van der Waals surface area contributed by atoms with Crippen molar-refractivity contribution in [3.63, 3.8) is 0 Å². The molecule has 0 fully saturated rings. The van der Waals surface area contributed by atoms with Gasteiger partial charge in [0.1, 0.15) is 0 Å². The minimum Gasteiger partial charge on any atom is -0.364 e. The number of aromatic nitrogens is 5. The van der Waals surface area contributed by atoms with Gasteiger partial charge in [-0.15, -0.1) is 0 Å². The second kappa shape index (κ2) is 10.4. The number of fused-ring (bicyclic) bond motifs is 1. The van der Waals surface area contributed by atoms with Crippen LogP contribution >= 0.6 is 0 Å². The summed E-state index contributed by atoms with van der Waals surface area (Å²) in [5.41, 5.74) is 10.1. The fourth-order valence-corrected chi connectivity index (χ4v) is 4.26. The Morgan fingerprint density at radius 3 is 2.49 bits per heavy atom. The fourth-order valence-electron chi connectivity index (χ4n) is 4.26. The number of anilines is 2. The molecule has 1 atom stereocenters. The van der Waals surface area contributed by atoms with E-state index in [0.29, 0.717) is 17.8 Å². The molecule has 3 aromatic heterocycles. The van der Waals surface area contributed by atoms with Gasteiger partial charge >= 0.3 is 0 Å². The number of amides is 1. The lowest BCUT2D eigenvalue weighted by Crippen LogP contribution is -2.19. The number of hydrogen-bond acceptors (Lipinski definition) is 7. The maximum atomic E-state index is 13.8. The second-order valence-corrected chi connectivity index (χ2v) is 9.36. The smallest absolute Gasteiger partial charge is 0.271 e. The standard InChI is InChI=1S/C28H26F2N8O/c1-15(18-8-9-21(29)22(30)11-18)23-14-32-24(25(31)39)27(35-23)33-12-16-4-6-17(7-5-16)19-10-20-26(34-13-19)36-37-28(20)38(2)3/h4-11,13-15H,12H2,1-3H3,(H2,31,39)(H,33,35)(H,34,36,37). The number of benzene rings is 2. The summed E-state index contributed by atoms with van der Waals surface area (Å²) in [6.07, 6.45) is 3.21. The molecule has 5 rings (SSSR count). The van der Waals surface area contributed by atoms with Gasteiger partial charge in [-0.1, -0.05) is 37.3 Å². The van der Waals surface area contributed by atoms with Crippen molar-refractivity contribution in [1.29, 1.82) is 0 Å². The maximum absolute atomic E-state index is 13.8. The summed E-state index contributed by atoms with van der Waals surface area (Å²) < 4.78 is 27.1. The van der Waals surface area contributed by atoms with E-state index >= 15 is 0 Å².